The van der Waals surface area contributed by atoms with Gasteiger partial charge in [0, 0.05) is 0 Å². The first-order valence-electron chi connectivity index (χ1n) is 1.25. The predicted octanol–water partition coefficient (Wildman–Crippen LogP) is -0.902. The van der Waals surface area contributed by atoms with E-state index in [1.165, 1.54) is 0 Å². The molecular formula is C2H8N2. The summed E-state index contributed by atoms with van der Waals surface area (Å²) in [5.74, 6) is 6.50. The van der Waals surface area contributed by atoms with Crippen LogP contribution in [0.25, 0.3) is 5.84 Å². The van der Waals surface area contributed by atoms with Gasteiger partial charge in [-0.2, -0.15) is 0 Å². The van der Waals surface area contributed by atoms with Crippen LogP contribution in [0.3, 0.4) is 0 Å². The van der Waals surface area contributed by atoms with E-state index >= 15 is 0 Å². The summed E-state index contributed by atoms with van der Waals surface area (Å²) in [5.41, 5.74) is 0. The van der Waals surface area contributed by atoms with Crippen LogP contribution >= 0.6 is 0 Å². The molecule has 0 aromatic carbocycles. The predicted molar refractivity (Wildman–Crippen MR) is 17.1 cm³/mol. The Hall–Kier alpha value is -0.0800. The Morgan fingerprint density at radius 3 is 1.50 bits per heavy atom. The van der Waals surface area contributed by atoms with Crippen LogP contribution < -0.4 is 5.01 Å². The van der Waals surface area contributed by atoms with Gasteiger partial charge in [-0.05, 0) is 0 Å². The van der Waals surface area contributed by atoms with E-state index in [0.29, 0.717) is 5.01 Å². The topological polar surface area (TPSA) is 28.2 Å². The molecule has 0 aromatic rings. The molecule has 0 unspecified atom stereocenters. The van der Waals surface area contributed by atoms with E-state index in [-0.39, 0.29) is 0 Å². The standard InChI is InChI=1S/C2H8N2/c1-4(2)3/h3-4H,1-2H3. The zero-order valence-corrected chi connectivity index (χ0v) is 3.00. The van der Waals surface area contributed by atoms with Crippen LogP contribution in [-0.2, 0) is 0 Å². The molecule has 0 heterocycles. The molecule has 0 aliphatic rings. The van der Waals surface area contributed by atoms with E-state index in [0.717, 1.165) is 0 Å². The van der Waals surface area contributed by atoms with Crippen LogP contribution in [0.4, 0.5) is 0 Å². The minimum atomic E-state index is 0.667. The fourth-order valence-corrected chi connectivity index (χ4v) is 0. The quantitative estimate of drug-likeness (QED) is 0.351. The molecule has 0 rings (SSSR count). The molecule has 2 heteroatoms. The van der Waals surface area contributed by atoms with Gasteiger partial charge in [-0.1, -0.05) is 0 Å². The maximum absolute atomic E-state index is 6.50. The summed E-state index contributed by atoms with van der Waals surface area (Å²) in [4.78, 5) is 0. The van der Waals surface area contributed by atoms with Gasteiger partial charge in [-0.3, -0.25) is 0 Å². The molecule has 0 atom stereocenters. The zero-order chi connectivity index (χ0) is 3.58. The highest BCUT2D eigenvalue weighted by molar-refractivity contribution is 3.85. The lowest BCUT2D eigenvalue weighted by atomic mass is 11.2. The average molecular weight is 60.1 g/mol. The minimum Gasteiger partial charge on any atom is -0.470 e. The van der Waals surface area contributed by atoms with Gasteiger partial charge in [0.25, 0.3) is 0 Å². The monoisotopic (exact) mass is 60.1 g/mol. The van der Waals surface area contributed by atoms with Gasteiger partial charge < -0.3 is 10.9 Å². The van der Waals surface area contributed by atoms with Crippen molar-refractivity contribution in [1.82, 2.24) is 0 Å². The molecule has 0 fully saturated rings. The van der Waals surface area contributed by atoms with Gasteiger partial charge in [0.1, 0.15) is 0 Å². The van der Waals surface area contributed by atoms with Crippen LogP contribution in [0.2, 0.25) is 0 Å². The van der Waals surface area contributed by atoms with Crippen LogP contribution in [0, 0.1) is 0 Å². The molecule has 2 N–H and O–H groups in total. The van der Waals surface area contributed by atoms with Crippen molar-refractivity contribution >= 4 is 0 Å². The zero-order valence-electron chi connectivity index (χ0n) is 3.00. The molecule has 0 saturated carbocycles. The molecule has 26 valence electrons. The van der Waals surface area contributed by atoms with Crippen LogP contribution in [0.15, 0.2) is 0 Å². The van der Waals surface area contributed by atoms with Crippen LogP contribution in [0.1, 0.15) is 0 Å². The van der Waals surface area contributed by atoms with Crippen molar-refractivity contribution < 1.29 is 5.01 Å². The molecule has 0 spiro atoms. The molecule has 0 radical (unpaired) electrons. The fourth-order valence-electron chi connectivity index (χ4n) is 0. The maximum atomic E-state index is 6.50. The van der Waals surface area contributed by atoms with Crippen molar-refractivity contribution in [3.8, 4) is 0 Å². The SMILES string of the molecule is C[NH+](C)[NH-]. The maximum Gasteiger partial charge on any atom is 0.0573 e. The van der Waals surface area contributed by atoms with E-state index in [1.54, 1.807) is 14.1 Å². The highest BCUT2D eigenvalue weighted by Gasteiger charge is 1.49. The second-order valence-corrected chi connectivity index (χ2v) is 1.00. The van der Waals surface area contributed by atoms with E-state index in [4.69, 9.17) is 5.84 Å². The van der Waals surface area contributed by atoms with E-state index in [1.807, 2.05) is 0 Å². The van der Waals surface area contributed by atoms with Gasteiger partial charge in [0.05, 0.1) is 14.1 Å². The molecule has 0 aliphatic heterocycles. The Bertz CT molecular complexity index is 8.75. The first-order chi connectivity index (χ1) is 1.73. The molecule has 0 amide bonds. The number of hydrogen-bond donors (Lipinski definition) is 1. The molecule has 4 heavy (non-hydrogen) atoms. The average Bonchev–Trinajstić information content (AvgIpc) is 0.811. The molecule has 0 aromatic heterocycles. The van der Waals surface area contributed by atoms with Crippen molar-refractivity contribution in [2.45, 2.75) is 0 Å². The number of hydrogen-bond acceptors (Lipinski definition) is 0. The van der Waals surface area contributed by atoms with Gasteiger partial charge in [0.2, 0.25) is 0 Å². The summed E-state index contributed by atoms with van der Waals surface area (Å²) in [5, 5.41) is 0.667. The number of quaternary nitrogens is 1. The van der Waals surface area contributed by atoms with Crippen molar-refractivity contribution in [3.05, 3.63) is 5.84 Å². The van der Waals surface area contributed by atoms with E-state index in [9.17, 15) is 0 Å². The van der Waals surface area contributed by atoms with Crippen LogP contribution in [0.5, 0.6) is 0 Å². The summed E-state index contributed by atoms with van der Waals surface area (Å²) in [6.45, 7) is 0. The van der Waals surface area contributed by atoms with Crippen molar-refractivity contribution in [1.29, 1.82) is 0 Å². The summed E-state index contributed by atoms with van der Waals surface area (Å²) < 4.78 is 0. The highest BCUT2D eigenvalue weighted by atomic mass is 15.4. The van der Waals surface area contributed by atoms with Gasteiger partial charge >= 0.3 is 0 Å². The van der Waals surface area contributed by atoms with Crippen molar-refractivity contribution in [2.75, 3.05) is 14.1 Å². The largest absolute Gasteiger partial charge is 0.470 e. The second kappa shape index (κ2) is 1.26. The van der Waals surface area contributed by atoms with Crippen molar-refractivity contribution in [2.24, 2.45) is 0 Å². The lowest BCUT2D eigenvalue weighted by molar-refractivity contribution is -0.802. The highest BCUT2D eigenvalue weighted by Crippen LogP contribution is 1.03. The third kappa shape index (κ3) is 254. The molecule has 0 saturated heterocycles. The Morgan fingerprint density at radius 1 is 1.50 bits per heavy atom. The van der Waals surface area contributed by atoms with Crippen molar-refractivity contribution in [3.63, 3.8) is 0 Å². The fraction of sp³-hybridized carbons (Fsp3) is 1.00. The molecular weight excluding hydrogens is 52.0 g/mol. The van der Waals surface area contributed by atoms with Gasteiger partial charge in [-0.25, -0.2) is 0 Å². The normalized spacial score (nSPS) is 9.00. The Morgan fingerprint density at radius 2 is 1.50 bits per heavy atom. The first-order valence-corrected chi connectivity index (χ1v) is 1.25. The Balaban J connectivity index is 2.32. The summed E-state index contributed by atoms with van der Waals surface area (Å²) in [7, 11) is 3.50. The second-order valence-electron chi connectivity index (χ2n) is 1.00. The van der Waals surface area contributed by atoms with Gasteiger partial charge in [0.15, 0.2) is 0 Å². The van der Waals surface area contributed by atoms with E-state index in [2.05, 4.69) is 0 Å². The molecule has 2 nitrogen and oxygen atoms in total. The lowest BCUT2D eigenvalue weighted by Crippen LogP contribution is -2.98. The first kappa shape index (κ1) is 3.92. The summed E-state index contributed by atoms with van der Waals surface area (Å²) >= 11 is 0. The lowest BCUT2D eigenvalue weighted by Gasteiger charge is -2.02. The Labute approximate surface area is 26.2 Å². The number of nitrogens with one attached hydrogen (secondary N) is 2. The molecule has 0 bridgehead atoms. The van der Waals surface area contributed by atoms with Gasteiger partial charge in [-0.15, -0.1) is 0 Å². The third-order valence-electron chi connectivity index (χ3n) is 0. The molecule has 0 aliphatic carbocycles. The minimum absolute atomic E-state index is 0.667. The smallest absolute Gasteiger partial charge is 0.0573 e. The van der Waals surface area contributed by atoms with E-state index < -0.39 is 0 Å². The summed E-state index contributed by atoms with van der Waals surface area (Å²) in [6, 6.07) is 0. The number of rotatable bonds is 0. The third-order valence-corrected chi connectivity index (χ3v) is 0. The summed E-state index contributed by atoms with van der Waals surface area (Å²) in [6.07, 6.45) is 0. The van der Waals surface area contributed by atoms with Crippen LogP contribution in [-0.4, -0.2) is 14.1 Å². The Kier molecular flexibility index (Phi) is 1.24.